The predicted octanol–water partition coefficient (Wildman–Crippen LogP) is 2.73. The van der Waals surface area contributed by atoms with Crippen molar-refractivity contribution in [3.05, 3.63) is 52.4 Å². The molecule has 1 aromatic carbocycles. The normalized spacial score (nSPS) is 11.1. The molecule has 2 aromatic rings. The minimum atomic E-state index is -4.77. The molecule has 2 rings (SSSR count). The van der Waals surface area contributed by atoms with Crippen molar-refractivity contribution in [1.29, 1.82) is 0 Å². The van der Waals surface area contributed by atoms with Gasteiger partial charge < -0.3 is 14.5 Å². The molecule has 5 nitrogen and oxygen atoms in total. The molecule has 0 bridgehead atoms. The number of methoxy groups -OCH3 is 1. The summed E-state index contributed by atoms with van der Waals surface area (Å²) < 4.78 is 44.5. The third-order valence-corrected chi connectivity index (χ3v) is 2.73. The number of halogens is 3. The minimum absolute atomic E-state index is 0.199. The second kappa shape index (κ2) is 5.92. The van der Waals surface area contributed by atoms with Gasteiger partial charge in [-0.2, -0.15) is 0 Å². The third-order valence-electron chi connectivity index (χ3n) is 2.73. The van der Waals surface area contributed by atoms with Crippen LogP contribution in [0.2, 0.25) is 0 Å². The summed E-state index contributed by atoms with van der Waals surface area (Å²) in [6.07, 6.45) is -3.42. The molecule has 0 saturated heterocycles. The maximum absolute atomic E-state index is 12.1. The summed E-state index contributed by atoms with van der Waals surface area (Å²) >= 11 is 0. The molecular formula is C14H10F3NO4. The standard InChI is InChI=1S/C14H10F3NO4/c1-21-13(20)11-6-9(7-18-12(11)19)8-2-4-10(5-3-8)22-14(15,16)17/h2-7H,1H3,(H,18,19). The molecule has 0 aliphatic heterocycles. The maximum Gasteiger partial charge on any atom is 0.573 e. The Kier molecular flexibility index (Phi) is 4.20. The largest absolute Gasteiger partial charge is 0.573 e. The number of carbonyl (C=O) groups excluding carboxylic acids is 1. The highest BCUT2D eigenvalue weighted by molar-refractivity contribution is 5.90. The lowest BCUT2D eigenvalue weighted by molar-refractivity contribution is -0.274. The highest BCUT2D eigenvalue weighted by Crippen LogP contribution is 2.26. The second-order valence-corrected chi connectivity index (χ2v) is 4.19. The SMILES string of the molecule is COC(=O)c1cc(-c2ccc(OC(F)(F)F)cc2)c[nH]c1=O. The molecule has 1 heterocycles. The van der Waals surface area contributed by atoms with Gasteiger partial charge in [0.15, 0.2) is 0 Å². The fraction of sp³-hybridized carbons (Fsp3) is 0.143. The van der Waals surface area contributed by atoms with Crippen molar-refractivity contribution in [3.63, 3.8) is 0 Å². The van der Waals surface area contributed by atoms with Crippen molar-refractivity contribution in [3.8, 4) is 16.9 Å². The van der Waals surface area contributed by atoms with E-state index in [0.717, 1.165) is 19.2 Å². The lowest BCUT2D eigenvalue weighted by Crippen LogP contribution is -2.18. The number of rotatable bonds is 3. The molecule has 0 spiro atoms. The zero-order chi connectivity index (χ0) is 16.3. The van der Waals surface area contributed by atoms with Gasteiger partial charge in [0.2, 0.25) is 0 Å². The van der Waals surface area contributed by atoms with Gasteiger partial charge in [-0.05, 0) is 29.3 Å². The second-order valence-electron chi connectivity index (χ2n) is 4.19. The maximum atomic E-state index is 12.1. The average Bonchev–Trinajstić information content (AvgIpc) is 2.46. The highest BCUT2D eigenvalue weighted by Gasteiger charge is 2.30. The number of pyridine rings is 1. The van der Waals surface area contributed by atoms with Gasteiger partial charge in [-0.25, -0.2) is 4.79 Å². The van der Waals surface area contributed by atoms with Gasteiger partial charge in [0.05, 0.1) is 7.11 Å². The van der Waals surface area contributed by atoms with Gasteiger partial charge in [0, 0.05) is 6.20 Å². The van der Waals surface area contributed by atoms with Crippen molar-refractivity contribution in [1.82, 2.24) is 4.98 Å². The number of nitrogens with one attached hydrogen (secondary N) is 1. The van der Waals surface area contributed by atoms with Gasteiger partial charge in [-0.1, -0.05) is 12.1 Å². The fourth-order valence-corrected chi connectivity index (χ4v) is 1.76. The number of aromatic amines is 1. The number of hydrogen-bond donors (Lipinski definition) is 1. The molecule has 116 valence electrons. The van der Waals surface area contributed by atoms with E-state index in [9.17, 15) is 22.8 Å². The molecule has 0 unspecified atom stereocenters. The Morgan fingerprint density at radius 2 is 1.77 bits per heavy atom. The van der Waals surface area contributed by atoms with E-state index in [0.29, 0.717) is 11.1 Å². The number of hydrogen-bond acceptors (Lipinski definition) is 4. The Balaban J connectivity index is 2.33. The Morgan fingerprint density at radius 1 is 1.14 bits per heavy atom. The van der Waals surface area contributed by atoms with Crippen LogP contribution < -0.4 is 10.3 Å². The molecule has 1 aromatic heterocycles. The minimum Gasteiger partial charge on any atom is -0.465 e. The molecule has 22 heavy (non-hydrogen) atoms. The van der Waals surface area contributed by atoms with E-state index in [1.54, 1.807) is 0 Å². The van der Waals surface area contributed by atoms with Crippen molar-refractivity contribution >= 4 is 5.97 Å². The molecule has 0 atom stereocenters. The van der Waals surface area contributed by atoms with Crippen LogP contribution in [0.15, 0.2) is 41.3 Å². The van der Waals surface area contributed by atoms with E-state index in [1.165, 1.54) is 24.4 Å². The summed E-state index contributed by atoms with van der Waals surface area (Å²) in [5.41, 5.74) is 0.123. The topological polar surface area (TPSA) is 68.4 Å². The van der Waals surface area contributed by atoms with E-state index in [2.05, 4.69) is 14.5 Å². The Bertz CT molecular complexity index is 735. The van der Waals surface area contributed by atoms with Crippen LogP contribution in [0.3, 0.4) is 0 Å². The Morgan fingerprint density at radius 3 is 2.32 bits per heavy atom. The van der Waals surface area contributed by atoms with Crippen molar-refractivity contribution in [2.45, 2.75) is 6.36 Å². The van der Waals surface area contributed by atoms with Crippen LogP contribution in [-0.4, -0.2) is 24.4 Å². The summed E-state index contributed by atoms with van der Waals surface area (Å²) in [4.78, 5) is 25.3. The van der Waals surface area contributed by atoms with Crippen LogP contribution in [0, 0.1) is 0 Å². The molecule has 0 radical (unpaired) electrons. The molecule has 0 aliphatic carbocycles. The first-order chi connectivity index (χ1) is 10.3. The smallest absolute Gasteiger partial charge is 0.465 e. The lowest BCUT2D eigenvalue weighted by Gasteiger charge is -2.09. The quantitative estimate of drug-likeness (QED) is 0.885. The first kappa shape index (κ1) is 15.6. The molecular weight excluding hydrogens is 303 g/mol. The average molecular weight is 313 g/mol. The summed E-state index contributed by atoms with van der Waals surface area (Å²) in [5, 5.41) is 0. The number of alkyl halides is 3. The van der Waals surface area contributed by atoms with Crippen LogP contribution in [0.25, 0.3) is 11.1 Å². The molecule has 0 fully saturated rings. The van der Waals surface area contributed by atoms with Gasteiger partial charge in [-0.3, -0.25) is 4.79 Å². The van der Waals surface area contributed by atoms with Crippen LogP contribution in [0.1, 0.15) is 10.4 Å². The first-order valence-corrected chi connectivity index (χ1v) is 5.97. The summed E-state index contributed by atoms with van der Waals surface area (Å²) in [6, 6.07) is 6.30. The van der Waals surface area contributed by atoms with Crippen molar-refractivity contribution in [2.24, 2.45) is 0 Å². The number of ether oxygens (including phenoxy) is 2. The van der Waals surface area contributed by atoms with E-state index in [4.69, 9.17) is 0 Å². The molecule has 8 heteroatoms. The van der Waals surface area contributed by atoms with Gasteiger partial charge in [-0.15, -0.1) is 13.2 Å². The van der Waals surface area contributed by atoms with Crippen LogP contribution in [0.4, 0.5) is 13.2 Å². The van der Waals surface area contributed by atoms with Crippen molar-refractivity contribution in [2.75, 3.05) is 7.11 Å². The van der Waals surface area contributed by atoms with Crippen LogP contribution >= 0.6 is 0 Å². The molecule has 0 saturated carbocycles. The van der Waals surface area contributed by atoms with Crippen molar-refractivity contribution < 1.29 is 27.4 Å². The molecule has 1 N–H and O–H groups in total. The van der Waals surface area contributed by atoms with E-state index < -0.39 is 17.9 Å². The third kappa shape index (κ3) is 3.66. The lowest BCUT2D eigenvalue weighted by atomic mass is 10.1. The van der Waals surface area contributed by atoms with Gasteiger partial charge in [0.1, 0.15) is 11.3 Å². The number of aromatic nitrogens is 1. The number of carbonyl (C=O) groups is 1. The zero-order valence-corrected chi connectivity index (χ0v) is 11.2. The first-order valence-electron chi connectivity index (χ1n) is 5.97. The summed E-state index contributed by atoms with van der Waals surface area (Å²) in [7, 11) is 1.14. The summed E-state index contributed by atoms with van der Waals surface area (Å²) in [6.45, 7) is 0. The number of benzene rings is 1. The zero-order valence-electron chi connectivity index (χ0n) is 11.2. The summed E-state index contributed by atoms with van der Waals surface area (Å²) in [5.74, 6) is -1.17. The molecule has 0 aliphatic rings. The van der Waals surface area contributed by atoms with Gasteiger partial charge >= 0.3 is 12.3 Å². The van der Waals surface area contributed by atoms with Crippen LogP contribution in [0.5, 0.6) is 5.75 Å². The predicted molar refractivity (Wildman–Crippen MR) is 70.5 cm³/mol. The van der Waals surface area contributed by atoms with E-state index >= 15 is 0 Å². The van der Waals surface area contributed by atoms with Gasteiger partial charge in [0.25, 0.3) is 5.56 Å². The Hall–Kier alpha value is -2.77. The molecule has 0 amide bonds. The van der Waals surface area contributed by atoms with E-state index in [1.807, 2.05) is 0 Å². The van der Waals surface area contributed by atoms with E-state index in [-0.39, 0.29) is 11.3 Å². The number of esters is 1. The Labute approximate surface area is 122 Å². The number of H-pyrrole nitrogens is 1. The fourth-order valence-electron chi connectivity index (χ4n) is 1.76. The highest BCUT2D eigenvalue weighted by atomic mass is 19.4. The van der Waals surface area contributed by atoms with Crippen LogP contribution in [-0.2, 0) is 4.74 Å². The monoisotopic (exact) mass is 313 g/mol.